The Morgan fingerprint density at radius 3 is 1.26 bits per heavy atom. The minimum atomic E-state index is -1.06. The van der Waals surface area contributed by atoms with Crippen LogP contribution in [0.3, 0.4) is 0 Å². The van der Waals surface area contributed by atoms with Crippen molar-refractivity contribution in [2.45, 2.75) is 61.3 Å². The molecule has 1 aromatic carbocycles. The molecule has 0 heterocycles. The minimum Gasteiger partial charge on any atom is -0.481 e. The third-order valence-electron chi connectivity index (χ3n) is 1.88. The van der Waals surface area contributed by atoms with Crippen LogP contribution in [0.4, 0.5) is 8.78 Å². The maximum absolute atomic E-state index is 12.2. The van der Waals surface area contributed by atoms with Gasteiger partial charge in [-0.15, -0.1) is 0 Å². The molecule has 0 saturated heterocycles. The van der Waals surface area contributed by atoms with E-state index in [0.29, 0.717) is 0 Å². The number of Topliss-reactive ketones (excluding diaryl/α,β-unsaturated/α-hetero) is 2. The van der Waals surface area contributed by atoms with Crippen LogP contribution in [0.2, 0.25) is 0 Å². The average molecular weight is 392 g/mol. The molecular formula is C19H30F2O6. The summed E-state index contributed by atoms with van der Waals surface area (Å²) in [5, 5.41) is 15.7. The largest absolute Gasteiger partial charge is 0.481 e. The Morgan fingerprint density at radius 1 is 0.778 bits per heavy atom. The molecule has 0 unspecified atom stereocenters. The Bertz CT molecular complexity index is 521. The highest BCUT2D eigenvalue weighted by molar-refractivity contribution is 5.93. The third kappa shape index (κ3) is 31.6. The van der Waals surface area contributed by atoms with Crippen LogP contribution in [0, 0.1) is 18.6 Å². The molecule has 0 saturated carbocycles. The number of hydrogen-bond donors (Lipinski definition) is 2. The molecule has 156 valence electrons. The van der Waals surface area contributed by atoms with Gasteiger partial charge < -0.3 is 10.2 Å². The van der Waals surface area contributed by atoms with Crippen molar-refractivity contribution in [1.29, 1.82) is 0 Å². The molecule has 0 spiro atoms. The molecule has 0 aromatic heterocycles. The monoisotopic (exact) mass is 392 g/mol. The van der Waals surface area contributed by atoms with Gasteiger partial charge in [0.25, 0.3) is 0 Å². The quantitative estimate of drug-likeness (QED) is 0.734. The van der Waals surface area contributed by atoms with Gasteiger partial charge in [0, 0.05) is 0 Å². The van der Waals surface area contributed by atoms with Crippen molar-refractivity contribution < 1.29 is 38.2 Å². The molecule has 27 heavy (non-hydrogen) atoms. The first kappa shape index (κ1) is 32.1. The van der Waals surface area contributed by atoms with Gasteiger partial charge in [-0.2, -0.15) is 0 Å². The summed E-state index contributed by atoms with van der Waals surface area (Å²) in [5.74, 6) is -4.32. The lowest BCUT2D eigenvalue weighted by Crippen LogP contribution is -2.00. The van der Waals surface area contributed by atoms with Crippen molar-refractivity contribution in [3.05, 3.63) is 35.4 Å². The summed E-state index contributed by atoms with van der Waals surface area (Å²) >= 11 is 0. The second-order valence-electron chi connectivity index (χ2n) is 4.46. The molecule has 0 bridgehead atoms. The van der Waals surface area contributed by atoms with E-state index in [1.165, 1.54) is 19.9 Å². The van der Waals surface area contributed by atoms with E-state index in [1.807, 2.05) is 27.7 Å². The number of benzene rings is 1. The first-order valence-corrected chi connectivity index (χ1v) is 8.29. The highest BCUT2D eigenvalue weighted by Crippen LogP contribution is 2.06. The normalized spacial score (nSPS) is 7.89. The smallest absolute Gasteiger partial charge is 0.310 e. The van der Waals surface area contributed by atoms with Crippen LogP contribution >= 0.6 is 0 Å². The highest BCUT2D eigenvalue weighted by atomic mass is 19.2. The zero-order chi connectivity index (χ0) is 22.6. The predicted molar refractivity (Wildman–Crippen MR) is 99.7 cm³/mol. The van der Waals surface area contributed by atoms with E-state index in [2.05, 4.69) is 0 Å². The number of aryl methyl sites for hydroxylation is 1. The Labute approximate surface area is 159 Å². The zero-order valence-corrected chi connectivity index (χ0v) is 16.9. The van der Waals surface area contributed by atoms with Crippen LogP contribution in [-0.4, -0.2) is 33.7 Å². The van der Waals surface area contributed by atoms with E-state index in [0.717, 1.165) is 17.7 Å². The first-order chi connectivity index (χ1) is 12.5. The summed E-state index contributed by atoms with van der Waals surface area (Å²) in [4.78, 5) is 38.9. The fourth-order valence-corrected chi connectivity index (χ4v) is 1.03. The SMILES string of the molecule is CC.CC.CC(=O)CC(=O)O.CC(=O)CC(=O)O.Cc1ccc(F)c(F)c1. The fraction of sp³-hybridized carbons (Fsp3) is 0.474. The summed E-state index contributed by atoms with van der Waals surface area (Å²) in [7, 11) is 0. The van der Waals surface area contributed by atoms with Crippen LogP contribution in [0.15, 0.2) is 18.2 Å². The average Bonchev–Trinajstić information content (AvgIpc) is 2.54. The molecule has 0 aliphatic heterocycles. The molecule has 6 nitrogen and oxygen atoms in total. The maximum atomic E-state index is 12.2. The molecule has 2 N–H and O–H groups in total. The number of carbonyl (C=O) groups is 4. The Balaban J connectivity index is -0.000000136. The van der Waals surface area contributed by atoms with Crippen molar-refractivity contribution in [3.63, 3.8) is 0 Å². The first-order valence-electron chi connectivity index (χ1n) is 8.29. The van der Waals surface area contributed by atoms with Crippen LogP contribution in [-0.2, 0) is 19.2 Å². The fourth-order valence-electron chi connectivity index (χ4n) is 1.03. The highest BCUT2D eigenvalue weighted by Gasteiger charge is 1.99. The molecule has 8 heteroatoms. The van der Waals surface area contributed by atoms with Crippen molar-refractivity contribution in [3.8, 4) is 0 Å². The number of aliphatic carboxylic acids is 2. The van der Waals surface area contributed by atoms with Crippen LogP contribution in [0.5, 0.6) is 0 Å². The molecular weight excluding hydrogens is 362 g/mol. The molecule has 0 aliphatic carbocycles. The van der Waals surface area contributed by atoms with E-state index < -0.39 is 23.6 Å². The molecule has 0 amide bonds. The summed E-state index contributed by atoms with van der Waals surface area (Å²) in [5.41, 5.74) is 0.730. The number of carboxylic acids is 2. The van der Waals surface area contributed by atoms with Crippen LogP contribution < -0.4 is 0 Å². The minimum absolute atomic E-state index is 0.312. The van der Waals surface area contributed by atoms with Gasteiger partial charge in [0.15, 0.2) is 11.6 Å². The number of rotatable bonds is 4. The van der Waals surface area contributed by atoms with Gasteiger partial charge in [0.05, 0.1) is 0 Å². The van der Waals surface area contributed by atoms with E-state index in [1.54, 1.807) is 6.92 Å². The number of ketones is 2. The van der Waals surface area contributed by atoms with Gasteiger partial charge in [0.2, 0.25) is 0 Å². The lowest BCUT2D eigenvalue weighted by molar-refractivity contribution is -0.141. The molecule has 1 rings (SSSR count). The van der Waals surface area contributed by atoms with E-state index in [4.69, 9.17) is 10.2 Å². The number of carboxylic acid groups (broad SMARTS) is 2. The van der Waals surface area contributed by atoms with Gasteiger partial charge in [0.1, 0.15) is 24.4 Å². The number of carbonyl (C=O) groups excluding carboxylic acids is 2. The summed E-state index contributed by atoms with van der Waals surface area (Å²) in [6, 6.07) is 3.80. The lowest BCUT2D eigenvalue weighted by atomic mass is 10.2. The summed E-state index contributed by atoms with van der Waals surface area (Å²) in [6.07, 6.45) is -0.722. The Morgan fingerprint density at radius 2 is 1.11 bits per heavy atom. The van der Waals surface area contributed by atoms with Gasteiger partial charge in [-0.3, -0.25) is 19.2 Å². The molecule has 1 aromatic rings. The van der Waals surface area contributed by atoms with Gasteiger partial charge in [-0.1, -0.05) is 33.8 Å². The predicted octanol–water partition coefficient (Wildman–Crippen LogP) is 4.43. The van der Waals surface area contributed by atoms with Gasteiger partial charge >= 0.3 is 11.9 Å². The van der Waals surface area contributed by atoms with E-state index in [9.17, 15) is 28.0 Å². The van der Waals surface area contributed by atoms with E-state index >= 15 is 0 Å². The van der Waals surface area contributed by atoms with Gasteiger partial charge in [-0.25, -0.2) is 8.78 Å². The lowest BCUT2D eigenvalue weighted by Gasteiger charge is -1.91. The molecule has 0 radical (unpaired) electrons. The van der Waals surface area contributed by atoms with Crippen LogP contribution in [0.1, 0.15) is 59.9 Å². The van der Waals surface area contributed by atoms with Crippen LogP contribution in [0.25, 0.3) is 0 Å². The second kappa shape index (κ2) is 21.4. The molecule has 0 atom stereocenters. The topological polar surface area (TPSA) is 109 Å². The van der Waals surface area contributed by atoms with Crippen molar-refractivity contribution in [2.24, 2.45) is 0 Å². The van der Waals surface area contributed by atoms with Gasteiger partial charge in [-0.05, 0) is 38.5 Å². The van der Waals surface area contributed by atoms with E-state index in [-0.39, 0.29) is 24.4 Å². The summed E-state index contributed by atoms with van der Waals surface area (Å²) < 4.78 is 24.3. The molecule has 0 fully saturated rings. The van der Waals surface area contributed by atoms with Crippen molar-refractivity contribution in [2.75, 3.05) is 0 Å². The molecule has 0 aliphatic rings. The zero-order valence-electron chi connectivity index (χ0n) is 16.9. The Hall–Kier alpha value is -2.64. The Kier molecular flexibility index (Phi) is 25.4. The summed E-state index contributed by atoms with van der Waals surface area (Å²) in [6.45, 7) is 12.2. The number of hydrogen-bond acceptors (Lipinski definition) is 4. The van der Waals surface area contributed by atoms with Crippen molar-refractivity contribution >= 4 is 23.5 Å². The van der Waals surface area contributed by atoms with Crippen molar-refractivity contribution in [1.82, 2.24) is 0 Å². The standard InChI is InChI=1S/C7H6F2.2C4H6O3.2C2H6/c1-5-2-3-6(8)7(9)4-5;2*1-3(5)2-4(6)7;2*1-2/h2-4H,1H3;2*2H2,1H3,(H,6,7);2*1-2H3. The third-order valence-corrected chi connectivity index (χ3v) is 1.88. The maximum Gasteiger partial charge on any atom is 0.310 e. The number of halogens is 2. The second-order valence-corrected chi connectivity index (χ2v) is 4.46.